The van der Waals surface area contributed by atoms with Crippen LogP contribution < -0.4 is 5.32 Å². The monoisotopic (exact) mass is 216 g/mol. The topological polar surface area (TPSA) is 38.1 Å². The van der Waals surface area contributed by atoms with Gasteiger partial charge in [-0.1, -0.05) is 30.7 Å². The smallest absolute Gasteiger partial charge is 0.208 e. The zero-order valence-electron chi connectivity index (χ0n) is 9.66. The lowest BCUT2D eigenvalue weighted by molar-refractivity contribution is 0.482. The van der Waals surface area contributed by atoms with Gasteiger partial charge in [0.1, 0.15) is 0 Å². The third kappa shape index (κ3) is 2.49. The van der Waals surface area contributed by atoms with E-state index in [2.05, 4.69) is 36.3 Å². The number of oxazole rings is 1. The number of nitrogens with one attached hydrogen (secondary N) is 1. The summed E-state index contributed by atoms with van der Waals surface area (Å²) in [7, 11) is 0. The number of aromatic nitrogens is 1. The molecule has 3 nitrogen and oxygen atoms in total. The van der Waals surface area contributed by atoms with E-state index in [1.165, 1.54) is 5.56 Å². The van der Waals surface area contributed by atoms with Gasteiger partial charge < -0.3 is 9.73 Å². The average molecular weight is 216 g/mol. The van der Waals surface area contributed by atoms with E-state index in [0.717, 1.165) is 23.8 Å². The van der Waals surface area contributed by atoms with E-state index in [9.17, 15) is 0 Å². The Morgan fingerprint density at radius 3 is 3.00 bits per heavy atom. The molecule has 0 fully saturated rings. The summed E-state index contributed by atoms with van der Waals surface area (Å²) in [6.45, 7) is 5.73. The highest BCUT2D eigenvalue weighted by Crippen LogP contribution is 2.21. The molecule has 2 rings (SSSR count). The highest BCUT2D eigenvalue weighted by molar-refractivity contribution is 5.57. The predicted molar refractivity (Wildman–Crippen MR) is 64.1 cm³/mol. The first-order chi connectivity index (χ1) is 7.79. The van der Waals surface area contributed by atoms with Gasteiger partial charge in [0.15, 0.2) is 5.76 Å². The fourth-order valence-corrected chi connectivity index (χ4v) is 1.56. The number of benzene rings is 1. The molecule has 2 aromatic rings. The number of aryl methyl sites for hydroxylation is 1. The molecule has 0 aliphatic rings. The van der Waals surface area contributed by atoms with Gasteiger partial charge in [0.25, 0.3) is 0 Å². The molecule has 1 aromatic carbocycles. The highest BCUT2D eigenvalue weighted by Gasteiger charge is 2.05. The van der Waals surface area contributed by atoms with Crippen LogP contribution in [0.1, 0.15) is 18.4 Å². The van der Waals surface area contributed by atoms with Crippen LogP contribution in [0.15, 0.2) is 34.9 Å². The van der Waals surface area contributed by atoms with Crippen molar-refractivity contribution in [1.82, 2.24) is 10.3 Å². The van der Waals surface area contributed by atoms with Crippen LogP contribution in [0.4, 0.5) is 0 Å². The van der Waals surface area contributed by atoms with Crippen molar-refractivity contribution in [2.75, 3.05) is 6.54 Å². The van der Waals surface area contributed by atoms with Crippen molar-refractivity contribution < 1.29 is 4.42 Å². The molecule has 0 radical (unpaired) electrons. The molecule has 1 N–H and O–H groups in total. The van der Waals surface area contributed by atoms with Crippen molar-refractivity contribution in [2.24, 2.45) is 0 Å². The van der Waals surface area contributed by atoms with E-state index >= 15 is 0 Å². The second-order valence-electron chi connectivity index (χ2n) is 3.77. The van der Waals surface area contributed by atoms with Crippen molar-refractivity contribution in [3.05, 3.63) is 41.9 Å². The zero-order valence-corrected chi connectivity index (χ0v) is 9.66. The Balaban J connectivity index is 2.18. The first-order valence-corrected chi connectivity index (χ1v) is 5.52. The van der Waals surface area contributed by atoms with Crippen LogP contribution in [-0.4, -0.2) is 11.5 Å². The van der Waals surface area contributed by atoms with E-state index in [-0.39, 0.29) is 0 Å². The fraction of sp³-hybridized carbons (Fsp3) is 0.308. The van der Waals surface area contributed by atoms with E-state index < -0.39 is 0 Å². The van der Waals surface area contributed by atoms with Crippen molar-refractivity contribution in [3.63, 3.8) is 0 Å². The molecule has 0 atom stereocenters. The van der Waals surface area contributed by atoms with Gasteiger partial charge in [0, 0.05) is 5.56 Å². The third-order valence-corrected chi connectivity index (χ3v) is 2.38. The molecule has 0 saturated heterocycles. The van der Waals surface area contributed by atoms with E-state index in [1.54, 1.807) is 6.20 Å². The Bertz CT molecular complexity index is 462. The molecule has 3 heteroatoms. The molecule has 16 heavy (non-hydrogen) atoms. The minimum absolute atomic E-state index is 0.683. The Kier molecular flexibility index (Phi) is 3.37. The Hall–Kier alpha value is -1.61. The summed E-state index contributed by atoms with van der Waals surface area (Å²) in [4.78, 5) is 4.23. The van der Waals surface area contributed by atoms with Gasteiger partial charge in [-0.2, -0.15) is 0 Å². The minimum atomic E-state index is 0.683. The van der Waals surface area contributed by atoms with Gasteiger partial charge in [0.05, 0.1) is 12.7 Å². The summed E-state index contributed by atoms with van der Waals surface area (Å²) in [5.41, 5.74) is 2.30. The number of nitrogens with zero attached hydrogens (tertiary/aromatic N) is 1. The molecule has 84 valence electrons. The highest BCUT2D eigenvalue weighted by atomic mass is 16.4. The maximum Gasteiger partial charge on any atom is 0.208 e. The van der Waals surface area contributed by atoms with Crippen LogP contribution in [0.5, 0.6) is 0 Å². The van der Waals surface area contributed by atoms with Gasteiger partial charge in [-0.25, -0.2) is 4.98 Å². The lowest BCUT2D eigenvalue weighted by atomic mass is 10.1. The van der Waals surface area contributed by atoms with Crippen LogP contribution in [-0.2, 0) is 6.54 Å². The SMILES string of the molecule is CCNCc1ncc(-c2cccc(C)c2)o1. The molecule has 1 aromatic heterocycles. The van der Waals surface area contributed by atoms with Crippen molar-refractivity contribution in [2.45, 2.75) is 20.4 Å². The maximum atomic E-state index is 5.65. The van der Waals surface area contributed by atoms with E-state index in [0.29, 0.717) is 6.54 Å². The average Bonchev–Trinajstić information content (AvgIpc) is 2.75. The second-order valence-corrected chi connectivity index (χ2v) is 3.77. The minimum Gasteiger partial charge on any atom is -0.439 e. The first kappa shape index (κ1) is 10.9. The fourth-order valence-electron chi connectivity index (χ4n) is 1.56. The van der Waals surface area contributed by atoms with Gasteiger partial charge in [-0.3, -0.25) is 0 Å². The van der Waals surface area contributed by atoms with Crippen molar-refractivity contribution in [3.8, 4) is 11.3 Å². The standard InChI is InChI=1S/C13H16N2O/c1-3-14-9-13-15-8-12(16-13)11-6-4-5-10(2)7-11/h4-8,14H,3,9H2,1-2H3. The molecule has 0 aliphatic heterocycles. The summed E-state index contributed by atoms with van der Waals surface area (Å²) in [6, 6.07) is 8.22. The summed E-state index contributed by atoms with van der Waals surface area (Å²) in [6.07, 6.45) is 1.78. The van der Waals surface area contributed by atoms with Crippen molar-refractivity contribution >= 4 is 0 Å². The number of rotatable bonds is 4. The predicted octanol–water partition coefficient (Wildman–Crippen LogP) is 2.76. The van der Waals surface area contributed by atoms with Gasteiger partial charge in [-0.15, -0.1) is 0 Å². The number of hydrogen-bond acceptors (Lipinski definition) is 3. The molecular formula is C13H16N2O. The second kappa shape index (κ2) is 4.94. The Labute approximate surface area is 95.5 Å². The van der Waals surface area contributed by atoms with Crippen LogP contribution in [0.3, 0.4) is 0 Å². The molecule has 0 amide bonds. The molecule has 0 saturated carbocycles. The Morgan fingerprint density at radius 2 is 2.25 bits per heavy atom. The summed E-state index contributed by atoms with van der Waals surface area (Å²) in [5.74, 6) is 1.56. The van der Waals surface area contributed by atoms with E-state index in [4.69, 9.17) is 4.42 Å². The molecule has 0 unspecified atom stereocenters. The first-order valence-electron chi connectivity index (χ1n) is 5.52. The van der Waals surface area contributed by atoms with Crippen LogP contribution >= 0.6 is 0 Å². The Morgan fingerprint density at radius 1 is 1.38 bits per heavy atom. The summed E-state index contributed by atoms with van der Waals surface area (Å²) in [5, 5.41) is 3.18. The molecule has 0 aliphatic carbocycles. The quantitative estimate of drug-likeness (QED) is 0.854. The maximum absolute atomic E-state index is 5.65. The normalized spacial score (nSPS) is 10.6. The lowest BCUT2D eigenvalue weighted by Gasteiger charge is -1.98. The van der Waals surface area contributed by atoms with Gasteiger partial charge in [0.2, 0.25) is 5.89 Å². The van der Waals surface area contributed by atoms with E-state index in [1.807, 2.05) is 12.1 Å². The molecule has 1 heterocycles. The largest absolute Gasteiger partial charge is 0.439 e. The molecule has 0 bridgehead atoms. The van der Waals surface area contributed by atoms with Crippen LogP contribution in [0, 0.1) is 6.92 Å². The zero-order chi connectivity index (χ0) is 11.4. The van der Waals surface area contributed by atoms with Crippen molar-refractivity contribution in [1.29, 1.82) is 0 Å². The van der Waals surface area contributed by atoms with Gasteiger partial charge >= 0.3 is 0 Å². The molecule has 0 spiro atoms. The van der Waals surface area contributed by atoms with Crippen LogP contribution in [0.25, 0.3) is 11.3 Å². The van der Waals surface area contributed by atoms with Gasteiger partial charge in [-0.05, 0) is 19.5 Å². The third-order valence-electron chi connectivity index (χ3n) is 2.38. The van der Waals surface area contributed by atoms with Crippen LogP contribution in [0.2, 0.25) is 0 Å². The molecular weight excluding hydrogens is 200 g/mol. The summed E-state index contributed by atoms with van der Waals surface area (Å²) < 4.78 is 5.65. The lowest BCUT2D eigenvalue weighted by Crippen LogP contribution is -2.11. The summed E-state index contributed by atoms with van der Waals surface area (Å²) >= 11 is 0. The number of hydrogen-bond donors (Lipinski definition) is 1.